The van der Waals surface area contributed by atoms with Crippen molar-refractivity contribution in [3.8, 4) is 0 Å². The van der Waals surface area contributed by atoms with Crippen LogP contribution in [-0.4, -0.2) is 16.7 Å². The minimum absolute atomic E-state index is 0.380. The van der Waals surface area contributed by atoms with E-state index in [-0.39, 0.29) is 0 Å². The van der Waals surface area contributed by atoms with Crippen molar-refractivity contribution in [1.82, 2.24) is 5.32 Å². The Balaban J connectivity index is 2.38. The van der Waals surface area contributed by atoms with Gasteiger partial charge in [-0.3, -0.25) is 5.32 Å². The van der Waals surface area contributed by atoms with E-state index in [1.165, 1.54) is 12.2 Å². The average Bonchev–Trinajstić information content (AvgIpc) is 2.10. The Morgan fingerprint density at radius 2 is 2.33 bits per heavy atom. The van der Waals surface area contributed by atoms with E-state index in [9.17, 15) is 0 Å². The van der Waals surface area contributed by atoms with Gasteiger partial charge in [0, 0.05) is 11.3 Å². The highest BCUT2D eigenvalue weighted by Crippen LogP contribution is 2.27. The van der Waals surface area contributed by atoms with Crippen LogP contribution in [0, 0.1) is 0 Å². The van der Waals surface area contributed by atoms with Crippen molar-refractivity contribution in [1.29, 1.82) is 0 Å². The van der Waals surface area contributed by atoms with Gasteiger partial charge < -0.3 is 0 Å². The van der Waals surface area contributed by atoms with Crippen molar-refractivity contribution in [2.24, 2.45) is 0 Å². The van der Waals surface area contributed by atoms with Crippen molar-refractivity contribution in [3.63, 3.8) is 0 Å². The molecule has 0 aromatic heterocycles. The molecule has 2 heteroatoms. The second-order valence-electron chi connectivity index (χ2n) is 3.24. The topological polar surface area (TPSA) is 12.0 Å². The molecule has 1 N–H and O–H groups in total. The van der Waals surface area contributed by atoms with E-state index in [1.54, 1.807) is 0 Å². The van der Waals surface area contributed by atoms with Gasteiger partial charge in [-0.25, -0.2) is 0 Å². The van der Waals surface area contributed by atoms with Gasteiger partial charge in [0.15, 0.2) is 0 Å². The van der Waals surface area contributed by atoms with Gasteiger partial charge in [0.25, 0.3) is 0 Å². The van der Waals surface area contributed by atoms with Crippen molar-refractivity contribution in [2.75, 3.05) is 5.75 Å². The van der Waals surface area contributed by atoms with Gasteiger partial charge in [0.1, 0.15) is 0 Å². The van der Waals surface area contributed by atoms with Crippen LogP contribution in [0.5, 0.6) is 0 Å². The van der Waals surface area contributed by atoms with Crippen LogP contribution in [0.15, 0.2) is 0 Å². The molecule has 1 atom stereocenters. The second kappa shape index (κ2) is 2.51. The smallest absolute Gasteiger partial charge is 0.0534 e. The number of thioether (sulfide) groups is 1. The van der Waals surface area contributed by atoms with Gasteiger partial charge in [0.05, 0.1) is 5.37 Å². The molecule has 1 unspecified atom stereocenters. The van der Waals surface area contributed by atoms with E-state index in [0.29, 0.717) is 10.9 Å². The fourth-order valence-electron chi connectivity index (χ4n) is 1.05. The molecule has 1 fully saturated rings. The highest BCUT2D eigenvalue weighted by atomic mass is 32.2. The predicted octanol–water partition coefficient (Wildman–Crippen LogP) is 1.84. The standard InChI is InChI=1S/C7H15NS/c1-4-6-8-7(2,3)5-9-6/h6,8H,4-5H2,1-3H3. The molecule has 0 bridgehead atoms. The molecule has 9 heavy (non-hydrogen) atoms. The summed E-state index contributed by atoms with van der Waals surface area (Å²) in [5, 5.41) is 4.25. The van der Waals surface area contributed by atoms with Crippen molar-refractivity contribution >= 4 is 11.8 Å². The fraction of sp³-hybridized carbons (Fsp3) is 1.00. The van der Waals surface area contributed by atoms with Crippen molar-refractivity contribution < 1.29 is 0 Å². The lowest BCUT2D eigenvalue weighted by Gasteiger charge is -2.17. The molecule has 0 spiro atoms. The van der Waals surface area contributed by atoms with E-state index in [2.05, 4.69) is 26.1 Å². The second-order valence-corrected chi connectivity index (χ2v) is 4.43. The van der Waals surface area contributed by atoms with E-state index >= 15 is 0 Å². The third kappa shape index (κ3) is 1.87. The van der Waals surface area contributed by atoms with E-state index in [4.69, 9.17) is 0 Å². The molecule has 0 radical (unpaired) electrons. The summed E-state index contributed by atoms with van der Waals surface area (Å²) >= 11 is 2.04. The first-order valence-electron chi connectivity index (χ1n) is 3.53. The minimum Gasteiger partial charge on any atom is -0.299 e. The van der Waals surface area contributed by atoms with Crippen molar-refractivity contribution in [3.05, 3.63) is 0 Å². The lowest BCUT2D eigenvalue weighted by molar-refractivity contribution is 0.442. The van der Waals surface area contributed by atoms with Gasteiger partial charge in [-0.1, -0.05) is 6.92 Å². The maximum absolute atomic E-state index is 3.54. The highest BCUT2D eigenvalue weighted by molar-refractivity contribution is 8.00. The maximum Gasteiger partial charge on any atom is 0.0534 e. The Morgan fingerprint density at radius 1 is 1.67 bits per heavy atom. The first kappa shape index (κ1) is 7.42. The summed E-state index contributed by atoms with van der Waals surface area (Å²) < 4.78 is 0. The molecule has 0 saturated carbocycles. The van der Waals surface area contributed by atoms with E-state index in [0.717, 1.165) is 0 Å². The summed E-state index contributed by atoms with van der Waals surface area (Å²) in [5.41, 5.74) is 0.380. The lowest BCUT2D eigenvalue weighted by Crippen LogP contribution is -2.38. The molecule has 1 aliphatic heterocycles. The van der Waals surface area contributed by atoms with Gasteiger partial charge >= 0.3 is 0 Å². The SMILES string of the molecule is CCC1NC(C)(C)CS1. The molecule has 1 aliphatic rings. The molecule has 54 valence electrons. The van der Waals surface area contributed by atoms with Crippen molar-refractivity contribution in [2.45, 2.75) is 38.1 Å². The third-order valence-corrected chi connectivity index (χ3v) is 3.31. The normalized spacial score (nSPS) is 33.0. The van der Waals surface area contributed by atoms with Gasteiger partial charge in [-0.05, 0) is 20.3 Å². The zero-order valence-corrected chi connectivity index (χ0v) is 7.22. The predicted molar refractivity (Wildman–Crippen MR) is 43.8 cm³/mol. The Bertz CT molecular complexity index is 101. The van der Waals surface area contributed by atoms with E-state index in [1.807, 2.05) is 11.8 Å². The van der Waals surface area contributed by atoms with Gasteiger partial charge in [-0.15, -0.1) is 11.8 Å². The molecule has 0 amide bonds. The molecule has 0 aromatic carbocycles. The molecule has 1 nitrogen and oxygen atoms in total. The molecule has 0 aliphatic carbocycles. The zero-order valence-electron chi connectivity index (χ0n) is 6.40. The molecular formula is C7H15NS. The van der Waals surface area contributed by atoms with Crippen LogP contribution in [-0.2, 0) is 0 Å². The summed E-state index contributed by atoms with van der Waals surface area (Å²) in [4.78, 5) is 0. The average molecular weight is 145 g/mol. The molecule has 1 rings (SSSR count). The summed E-state index contributed by atoms with van der Waals surface area (Å²) in [6.45, 7) is 6.75. The minimum atomic E-state index is 0.380. The van der Waals surface area contributed by atoms with Crippen LogP contribution in [0.4, 0.5) is 0 Å². The highest BCUT2D eigenvalue weighted by Gasteiger charge is 2.28. The van der Waals surface area contributed by atoms with Crippen LogP contribution in [0.2, 0.25) is 0 Å². The van der Waals surface area contributed by atoms with Crippen LogP contribution in [0.1, 0.15) is 27.2 Å². The summed E-state index contributed by atoms with van der Waals surface area (Å²) in [6.07, 6.45) is 1.24. The quantitative estimate of drug-likeness (QED) is 0.604. The molecule has 1 saturated heterocycles. The molecule has 1 heterocycles. The molecule has 0 aromatic rings. The zero-order chi connectivity index (χ0) is 6.91. The number of rotatable bonds is 1. The first-order valence-corrected chi connectivity index (χ1v) is 4.58. The van der Waals surface area contributed by atoms with Crippen LogP contribution in [0.25, 0.3) is 0 Å². The van der Waals surface area contributed by atoms with Gasteiger partial charge in [0.2, 0.25) is 0 Å². The van der Waals surface area contributed by atoms with Crippen LogP contribution in [0.3, 0.4) is 0 Å². The Kier molecular flexibility index (Phi) is 2.07. The van der Waals surface area contributed by atoms with Crippen LogP contribution < -0.4 is 5.32 Å². The number of hydrogen-bond acceptors (Lipinski definition) is 2. The number of hydrogen-bond donors (Lipinski definition) is 1. The summed E-state index contributed by atoms with van der Waals surface area (Å²) in [5.74, 6) is 1.26. The third-order valence-electron chi connectivity index (χ3n) is 1.57. The Morgan fingerprint density at radius 3 is 2.56 bits per heavy atom. The summed E-state index contributed by atoms with van der Waals surface area (Å²) in [6, 6.07) is 0. The monoisotopic (exact) mass is 145 g/mol. The Hall–Kier alpha value is 0.310. The lowest BCUT2D eigenvalue weighted by atomic mass is 10.1. The largest absolute Gasteiger partial charge is 0.299 e. The summed E-state index contributed by atoms with van der Waals surface area (Å²) in [7, 11) is 0. The van der Waals surface area contributed by atoms with E-state index < -0.39 is 0 Å². The maximum atomic E-state index is 3.54. The van der Waals surface area contributed by atoms with Crippen LogP contribution >= 0.6 is 11.8 Å². The molecular weight excluding hydrogens is 130 g/mol. The fourth-order valence-corrected chi connectivity index (χ4v) is 2.39. The first-order chi connectivity index (χ1) is 4.14. The Labute approximate surface area is 61.6 Å². The van der Waals surface area contributed by atoms with Gasteiger partial charge in [-0.2, -0.15) is 0 Å². The number of nitrogens with one attached hydrogen (secondary N) is 1.